The van der Waals surface area contributed by atoms with E-state index in [0.717, 1.165) is 11.4 Å². The second kappa shape index (κ2) is 7.68. The lowest BCUT2D eigenvalue weighted by Gasteiger charge is -2.35. The number of anilines is 2. The molecule has 138 valence electrons. The van der Waals surface area contributed by atoms with Gasteiger partial charge in [0.15, 0.2) is 0 Å². The molecule has 1 aliphatic rings. The second-order valence-electron chi connectivity index (χ2n) is 6.96. The molecule has 26 heavy (non-hydrogen) atoms. The number of hydrogen-bond donors (Lipinski definition) is 1. The predicted octanol–water partition coefficient (Wildman–Crippen LogP) is 2.46. The van der Waals surface area contributed by atoms with Crippen LogP contribution in [0.25, 0.3) is 0 Å². The number of nitrogens with two attached hydrogens (primary N) is 1. The van der Waals surface area contributed by atoms with Gasteiger partial charge in [0, 0.05) is 32.1 Å². The van der Waals surface area contributed by atoms with Crippen molar-refractivity contribution in [3.05, 3.63) is 48.0 Å². The van der Waals surface area contributed by atoms with Crippen LogP contribution in [0.15, 0.2) is 36.7 Å². The molecule has 0 aliphatic carbocycles. The van der Waals surface area contributed by atoms with E-state index in [4.69, 9.17) is 5.73 Å². The van der Waals surface area contributed by atoms with Crippen molar-refractivity contribution in [1.82, 2.24) is 14.9 Å². The van der Waals surface area contributed by atoms with E-state index in [1.54, 1.807) is 18.2 Å². The lowest BCUT2D eigenvalue weighted by Crippen LogP contribution is -2.46. The van der Waals surface area contributed by atoms with Crippen LogP contribution in [0.2, 0.25) is 0 Å². The number of carbonyl (C=O) groups excluding carboxylic acids is 1. The standard InChI is InChI=1S/C19H24FN5O/c1-13(2)16-11-24(18-9-17(21)22-12-23-18)8-7-19(26)25(16)10-14-3-5-15(20)6-4-14/h3-6,9,12-13,16H,7-8,10-11H2,1-2H3,(H2,21,22,23)/t16-/m0/s1. The maximum Gasteiger partial charge on any atom is 0.224 e. The average molecular weight is 357 g/mol. The van der Waals surface area contributed by atoms with Gasteiger partial charge in [-0.15, -0.1) is 0 Å². The molecule has 1 atom stereocenters. The minimum absolute atomic E-state index is 0.0197. The first-order valence-electron chi connectivity index (χ1n) is 8.80. The summed E-state index contributed by atoms with van der Waals surface area (Å²) in [6, 6.07) is 8.07. The van der Waals surface area contributed by atoms with E-state index in [1.807, 2.05) is 4.90 Å². The summed E-state index contributed by atoms with van der Waals surface area (Å²) in [7, 11) is 0. The van der Waals surface area contributed by atoms with Crippen LogP contribution >= 0.6 is 0 Å². The zero-order valence-electron chi connectivity index (χ0n) is 15.1. The Balaban J connectivity index is 1.85. The van der Waals surface area contributed by atoms with Gasteiger partial charge < -0.3 is 15.5 Å². The van der Waals surface area contributed by atoms with Crippen LogP contribution in [0.4, 0.5) is 16.0 Å². The monoisotopic (exact) mass is 357 g/mol. The number of carbonyl (C=O) groups is 1. The van der Waals surface area contributed by atoms with Crippen molar-refractivity contribution in [3.8, 4) is 0 Å². The molecule has 0 saturated carbocycles. The SMILES string of the molecule is CC(C)[C@@H]1CN(c2cc(N)ncn2)CCC(=O)N1Cc1ccc(F)cc1. The highest BCUT2D eigenvalue weighted by molar-refractivity contribution is 5.78. The number of nitrogen functional groups attached to an aromatic ring is 1. The molecule has 6 nitrogen and oxygen atoms in total. The molecule has 2 N–H and O–H groups in total. The summed E-state index contributed by atoms with van der Waals surface area (Å²) < 4.78 is 13.2. The van der Waals surface area contributed by atoms with Gasteiger partial charge in [0.2, 0.25) is 5.91 Å². The fourth-order valence-corrected chi connectivity index (χ4v) is 3.28. The Hall–Kier alpha value is -2.70. The molecule has 7 heteroatoms. The molecular weight excluding hydrogens is 333 g/mol. The Morgan fingerprint density at radius 2 is 2.00 bits per heavy atom. The molecular formula is C19H24FN5O. The highest BCUT2D eigenvalue weighted by Gasteiger charge is 2.32. The highest BCUT2D eigenvalue weighted by Crippen LogP contribution is 2.24. The second-order valence-corrected chi connectivity index (χ2v) is 6.96. The third kappa shape index (κ3) is 4.09. The molecule has 1 fully saturated rings. The van der Waals surface area contributed by atoms with Gasteiger partial charge in [-0.25, -0.2) is 14.4 Å². The topological polar surface area (TPSA) is 75.3 Å². The number of halogens is 1. The van der Waals surface area contributed by atoms with Crippen LogP contribution in [0.1, 0.15) is 25.8 Å². The Kier molecular flexibility index (Phi) is 5.35. The van der Waals surface area contributed by atoms with Crippen molar-refractivity contribution in [2.45, 2.75) is 32.9 Å². The van der Waals surface area contributed by atoms with Gasteiger partial charge in [-0.1, -0.05) is 26.0 Å². The Labute approximate surface area is 152 Å². The minimum Gasteiger partial charge on any atom is -0.384 e. The van der Waals surface area contributed by atoms with Crippen LogP contribution in [-0.2, 0) is 11.3 Å². The van der Waals surface area contributed by atoms with Gasteiger partial charge in [-0.2, -0.15) is 0 Å². The van der Waals surface area contributed by atoms with Crippen molar-refractivity contribution in [2.24, 2.45) is 5.92 Å². The molecule has 1 amide bonds. The molecule has 0 bridgehead atoms. The van der Waals surface area contributed by atoms with Crippen LogP contribution in [-0.4, -0.2) is 39.9 Å². The summed E-state index contributed by atoms with van der Waals surface area (Å²) in [6.07, 6.45) is 1.84. The van der Waals surface area contributed by atoms with Crippen molar-refractivity contribution in [1.29, 1.82) is 0 Å². The fraction of sp³-hybridized carbons (Fsp3) is 0.421. The van der Waals surface area contributed by atoms with Crippen LogP contribution in [0.5, 0.6) is 0 Å². The quantitative estimate of drug-likeness (QED) is 0.910. The van der Waals surface area contributed by atoms with E-state index in [1.165, 1.54) is 18.5 Å². The van der Waals surface area contributed by atoms with Crippen molar-refractivity contribution < 1.29 is 9.18 Å². The zero-order chi connectivity index (χ0) is 18.7. The average Bonchev–Trinajstić information content (AvgIpc) is 2.77. The number of nitrogens with zero attached hydrogens (tertiary/aromatic N) is 4. The van der Waals surface area contributed by atoms with Crippen molar-refractivity contribution >= 4 is 17.5 Å². The number of amides is 1. The van der Waals surface area contributed by atoms with E-state index in [2.05, 4.69) is 28.7 Å². The largest absolute Gasteiger partial charge is 0.384 e. The van der Waals surface area contributed by atoms with E-state index in [-0.39, 0.29) is 23.7 Å². The summed E-state index contributed by atoms with van der Waals surface area (Å²) in [5.74, 6) is 1.23. The molecule has 1 aliphatic heterocycles. The van der Waals surface area contributed by atoms with E-state index in [9.17, 15) is 9.18 Å². The van der Waals surface area contributed by atoms with E-state index >= 15 is 0 Å². The third-order valence-corrected chi connectivity index (χ3v) is 4.76. The smallest absolute Gasteiger partial charge is 0.224 e. The first-order chi connectivity index (χ1) is 12.4. The van der Waals surface area contributed by atoms with Crippen LogP contribution in [0.3, 0.4) is 0 Å². The molecule has 2 heterocycles. The molecule has 2 aromatic rings. The molecule has 0 radical (unpaired) electrons. The van der Waals surface area contributed by atoms with Crippen molar-refractivity contribution in [2.75, 3.05) is 23.7 Å². The minimum atomic E-state index is -0.274. The van der Waals surface area contributed by atoms with Crippen LogP contribution < -0.4 is 10.6 Å². The molecule has 0 unspecified atom stereocenters. The Morgan fingerprint density at radius 1 is 1.27 bits per heavy atom. The number of aromatic nitrogens is 2. The lowest BCUT2D eigenvalue weighted by molar-refractivity contribution is -0.134. The molecule has 1 saturated heterocycles. The molecule has 1 aromatic heterocycles. The predicted molar refractivity (Wildman–Crippen MR) is 98.9 cm³/mol. The third-order valence-electron chi connectivity index (χ3n) is 4.76. The van der Waals surface area contributed by atoms with E-state index in [0.29, 0.717) is 31.9 Å². The van der Waals surface area contributed by atoms with Gasteiger partial charge in [-0.3, -0.25) is 4.79 Å². The zero-order valence-corrected chi connectivity index (χ0v) is 15.1. The Morgan fingerprint density at radius 3 is 2.65 bits per heavy atom. The number of hydrogen-bond acceptors (Lipinski definition) is 5. The van der Waals surface area contributed by atoms with Crippen molar-refractivity contribution in [3.63, 3.8) is 0 Å². The number of benzene rings is 1. The van der Waals surface area contributed by atoms with Gasteiger partial charge >= 0.3 is 0 Å². The molecule has 0 spiro atoms. The normalized spacial score (nSPS) is 18.3. The lowest BCUT2D eigenvalue weighted by atomic mass is 10.0. The highest BCUT2D eigenvalue weighted by atomic mass is 19.1. The summed E-state index contributed by atoms with van der Waals surface area (Å²) in [5, 5.41) is 0. The first kappa shape index (κ1) is 18.1. The first-order valence-corrected chi connectivity index (χ1v) is 8.80. The Bertz CT molecular complexity index is 765. The van der Waals surface area contributed by atoms with Gasteiger partial charge in [0.1, 0.15) is 23.8 Å². The van der Waals surface area contributed by atoms with Gasteiger partial charge in [0.05, 0.1) is 6.04 Å². The maximum atomic E-state index is 13.2. The summed E-state index contributed by atoms with van der Waals surface area (Å²) in [4.78, 5) is 25.0. The van der Waals surface area contributed by atoms with Crippen LogP contribution in [0, 0.1) is 11.7 Å². The number of rotatable bonds is 4. The summed E-state index contributed by atoms with van der Waals surface area (Å²) >= 11 is 0. The molecule has 3 rings (SSSR count). The van der Waals surface area contributed by atoms with Gasteiger partial charge in [0.25, 0.3) is 0 Å². The summed E-state index contributed by atoms with van der Waals surface area (Å²) in [5.41, 5.74) is 6.70. The molecule has 1 aromatic carbocycles. The van der Waals surface area contributed by atoms with E-state index < -0.39 is 0 Å². The summed E-state index contributed by atoms with van der Waals surface area (Å²) in [6.45, 7) is 5.93. The fourth-order valence-electron chi connectivity index (χ4n) is 3.28. The van der Waals surface area contributed by atoms with Gasteiger partial charge in [-0.05, 0) is 23.6 Å². The maximum absolute atomic E-state index is 13.2.